The Morgan fingerprint density at radius 1 is 1.46 bits per heavy atom. The first-order valence-electron chi connectivity index (χ1n) is 8.41. The van der Waals surface area contributed by atoms with Gasteiger partial charge in [-0.15, -0.1) is 0 Å². The third-order valence-corrected chi connectivity index (χ3v) is 4.59. The van der Waals surface area contributed by atoms with Crippen molar-refractivity contribution in [3.8, 4) is 0 Å². The monoisotopic (exact) mass is 333 g/mol. The van der Waals surface area contributed by atoms with Gasteiger partial charge in [-0.25, -0.2) is 0 Å². The van der Waals surface area contributed by atoms with Gasteiger partial charge in [-0.1, -0.05) is 13.8 Å². The predicted molar refractivity (Wildman–Crippen MR) is 86.1 cm³/mol. The van der Waals surface area contributed by atoms with Crippen molar-refractivity contribution in [2.45, 2.75) is 51.2 Å². The Hall–Kier alpha value is -2.31. The molecule has 7 heteroatoms. The second-order valence-corrected chi connectivity index (χ2v) is 6.91. The number of amides is 3. The molecule has 0 spiro atoms. The molecule has 3 amide bonds. The summed E-state index contributed by atoms with van der Waals surface area (Å²) in [6, 6.07) is 2.17. The van der Waals surface area contributed by atoms with Gasteiger partial charge in [0.15, 0.2) is 5.76 Å². The van der Waals surface area contributed by atoms with Crippen molar-refractivity contribution in [1.82, 2.24) is 15.5 Å². The van der Waals surface area contributed by atoms with E-state index >= 15 is 0 Å². The van der Waals surface area contributed by atoms with Crippen LogP contribution in [0, 0.1) is 5.92 Å². The molecule has 2 aliphatic heterocycles. The lowest BCUT2D eigenvalue weighted by molar-refractivity contribution is -0.152. The molecule has 2 saturated heterocycles. The third-order valence-electron chi connectivity index (χ3n) is 4.59. The molecule has 24 heavy (non-hydrogen) atoms. The van der Waals surface area contributed by atoms with Crippen LogP contribution in [0.25, 0.3) is 0 Å². The van der Waals surface area contributed by atoms with E-state index in [-0.39, 0.29) is 29.5 Å². The molecule has 3 heterocycles. The second kappa shape index (κ2) is 6.67. The minimum Gasteiger partial charge on any atom is -0.459 e. The smallest absolute Gasteiger partial charge is 0.287 e. The fraction of sp³-hybridized carbons (Fsp3) is 0.588. The number of hydrogen-bond acceptors (Lipinski definition) is 4. The molecule has 0 saturated carbocycles. The van der Waals surface area contributed by atoms with Gasteiger partial charge in [0.1, 0.15) is 12.1 Å². The van der Waals surface area contributed by atoms with Crippen LogP contribution in [0.5, 0.6) is 0 Å². The second-order valence-electron chi connectivity index (χ2n) is 6.91. The summed E-state index contributed by atoms with van der Waals surface area (Å²) < 4.78 is 5.08. The molecule has 0 aliphatic carbocycles. The Balaban J connectivity index is 1.63. The summed E-state index contributed by atoms with van der Waals surface area (Å²) in [5.74, 6) is 0.152. The van der Waals surface area contributed by atoms with Crippen LogP contribution in [0.1, 0.15) is 43.7 Å². The summed E-state index contributed by atoms with van der Waals surface area (Å²) in [5.41, 5.74) is 0. The van der Waals surface area contributed by atoms with Gasteiger partial charge in [0.2, 0.25) is 11.8 Å². The largest absolute Gasteiger partial charge is 0.459 e. The van der Waals surface area contributed by atoms with Crippen molar-refractivity contribution < 1.29 is 18.8 Å². The molecule has 2 fully saturated rings. The lowest BCUT2D eigenvalue weighted by Gasteiger charge is -2.44. The first kappa shape index (κ1) is 16.5. The SMILES string of the molecule is CC(C)C[C@H]1NC(=O)[C@@H]2C[C@@H](NC(=O)c3ccco3)CCN2C1=O. The molecule has 130 valence electrons. The molecule has 3 rings (SSSR count). The number of carbonyl (C=O) groups is 3. The molecule has 0 aromatic carbocycles. The number of piperidine rings is 1. The van der Waals surface area contributed by atoms with Gasteiger partial charge in [-0.3, -0.25) is 14.4 Å². The summed E-state index contributed by atoms with van der Waals surface area (Å²) in [5, 5.41) is 5.72. The first-order valence-corrected chi connectivity index (χ1v) is 8.41. The summed E-state index contributed by atoms with van der Waals surface area (Å²) in [6.45, 7) is 4.54. The van der Waals surface area contributed by atoms with Crippen LogP contribution in [0.15, 0.2) is 22.8 Å². The van der Waals surface area contributed by atoms with Crippen molar-refractivity contribution >= 4 is 17.7 Å². The van der Waals surface area contributed by atoms with Crippen molar-refractivity contribution in [2.24, 2.45) is 5.92 Å². The van der Waals surface area contributed by atoms with Crippen molar-refractivity contribution in [3.63, 3.8) is 0 Å². The molecule has 1 aromatic heterocycles. The van der Waals surface area contributed by atoms with Crippen LogP contribution in [-0.4, -0.2) is 47.3 Å². The maximum atomic E-state index is 12.6. The highest BCUT2D eigenvalue weighted by Gasteiger charge is 2.44. The Labute approximate surface area is 140 Å². The van der Waals surface area contributed by atoms with Gasteiger partial charge in [-0.2, -0.15) is 0 Å². The third kappa shape index (κ3) is 3.29. The summed E-state index contributed by atoms with van der Waals surface area (Å²) >= 11 is 0. The van der Waals surface area contributed by atoms with Gasteiger partial charge < -0.3 is 20.0 Å². The average molecular weight is 333 g/mol. The Morgan fingerprint density at radius 2 is 2.25 bits per heavy atom. The number of fused-ring (bicyclic) bond motifs is 1. The number of furan rings is 1. The molecule has 3 atom stereocenters. The zero-order chi connectivity index (χ0) is 17.3. The normalized spacial score (nSPS) is 27.0. The minimum absolute atomic E-state index is 0.0101. The van der Waals surface area contributed by atoms with Crippen molar-refractivity contribution in [2.75, 3.05) is 6.54 Å². The summed E-state index contributed by atoms with van der Waals surface area (Å²) in [4.78, 5) is 38.7. The topological polar surface area (TPSA) is 91.7 Å². The van der Waals surface area contributed by atoms with Crippen LogP contribution < -0.4 is 10.6 Å². The van der Waals surface area contributed by atoms with E-state index < -0.39 is 12.1 Å². The van der Waals surface area contributed by atoms with Crippen molar-refractivity contribution in [1.29, 1.82) is 0 Å². The molecular formula is C17H23N3O4. The molecule has 7 nitrogen and oxygen atoms in total. The molecule has 0 bridgehead atoms. The maximum Gasteiger partial charge on any atom is 0.287 e. The van der Waals surface area contributed by atoms with Gasteiger partial charge >= 0.3 is 0 Å². The quantitative estimate of drug-likeness (QED) is 0.857. The number of nitrogens with one attached hydrogen (secondary N) is 2. The molecule has 1 aromatic rings. The van der Waals surface area contributed by atoms with Gasteiger partial charge in [0, 0.05) is 12.6 Å². The predicted octanol–water partition coefficient (Wildman–Crippen LogP) is 0.913. The zero-order valence-corrected chi connectivity index (χ0v) is 14.0. The highest BCUT2D eigenvalue weighted by molar-refractivity contribution is 5.97. The number of piperazine rings is 1. The van der Waals surface area contributed by atoms with Crippen LogP contribution in [0.3, 0.4) is 0 Å². The molecule has 0 radical (unpaired) electrons. The van der Waals surface area contributed by atoms with E-state index in [4.69, 9.17) is 4.42 Å². The van der Waals surface area contributed by atoms with E-state index in [9.17, 15) is 14.4 Å². The van der Waals surface area contributed by atoms with Gasteiger partial charge in [-0.05, 0) is 37.3 Å². The highest BCUT2D eigenvalue weighted by atomic mass is 16.3. The summed E-state index contributed by atoms with van der Waals surface area (Å²) in [7, 11) is 0. The number of nitrogens with zero attached hydrogens (tertiary/aromatic N) is 1. The van der Waals surface area contributed by atoms with Crippen molar-refractivity contribution in [3.05, 3.63) is 24.2 Å². The average Bonchev–Trinajstić information content (AvgIpc) is 3.06. The zero-order valence-electron chi connectivity index (χ0n) is 14.0. The highest BCUT2D eigenvalue weighted by Crippen LogP contribution is 2.24. The van der Waals surface area contributed by atoms with E-state index in [0.29, 0.717) is 31.7 Å². The van der Waals surface area contributed by atoms with E-state index in [1.54, 1.807) is 17.0 Å². The minimum atomic E-state index is -0.503. The summed E-state index contributed by atoms with van der Waals surface area (Å²) in [6.07, 6.45) is 3.15. The number of carbonyl (C=O) groups excluding carboxylic acids is 3. The first-order chi connectivity index (χ1) is 11.5. The van der Waals surface area contributed by atoms with E-state index in [1.807, 2.05) is 13.8 Å². The molecule has 2 aliphatic rings. The fourth-order valence-corrected chi connectivity index (χ4v) is 3.43. The maximum absolute atomic E-state index is 12.6. The fourth-order valence-electron chi connectivity index (χ4n) is 3.43. The standard InChI is InChI=1S/C17H23N3O4/c1-10(2)8-12-17(23)20-6-5-11(9-13(20)15(21)19-12)18-16(22)14-4-3-7-24-14/h3-4,7,10-13H,5-6,8-9H2,1-2H3,(H,18,22)(H,19,21)/t11-,12+,13-/m0/s1. The Bertz CT molecular complexity index is 626. The lowest BCUT2D eigenvalue weighted by Crippen LogP contribution is -2.67. The lowest BCUT2D eigenvalue weighted by atomic mass is 9.91. The Kier molecular flexibility index (Phi) is 4.59. The number of hydrogen-bond donors (Lipinski definition) is 2. The molecule has 0 unspecified atom stereocenters. The van der Waals surface area contributed by atoms with E-state index in [2.05, 4.69) is 10.6 Å². The number of rotatable bonds is 4. The van der Waals surface area contributed by atoms with Crippen LogP contribution in [0.2, 0.25) is 0 Å². The molecule has 2 N–H and O–H groups in total. The van der Waals surface area contributed by atoms with E-state index in [1.165, 1.54) is 6.26 Å². The molecular weight excluding hydrogens is 310 g/mol. The van der Waals surface area contributed by atoms with Gasteiger partial charge in [0.05, 0.1) is 6.26 Å². The van der Waals surface area contributed by atoms with E-state index in [0.717, 1.165) is 0 Å². The Morgan fingerprint density at radius 3 is 2.92 bits per heavy atom. The van der Waals surface area contributed by atoms with Crippen LogP contribution >= 0.6 is 0 Å². The van der Waals surface area contributed by atoms with Crippen LogP contribution in [0.4, 0.5) is 0 Å². The van der Waals surface area contributed by atoms with Crippen LogP contribution in [-0.2, 0) is 9.59 Å². The van der Waals surface area contributed by atoms with Gasteiger partial charge in [0.25, 0.3) is 5.91 Å².